The molecule has 0 N–H and O–H groups in total. The van der Waals surface area contributed by atoms with Crippen molar-refractivity contribution in [2.24, 2.45) is 0 Å². The van der Waals surface area contributed by atoms with Gasteiger partial charge in [-0.05, 0) is 0 Å². The van der Waals surface area contributed by atoms with Gasteiger partial charge in [0, 0.05) is 31.9 Å². The van der Waals surface area contributed by atoms with Crippen molar-refractivity contribution in [2.75, 3.05) is 19.0 Å². The van der Waals surface area contributed by atoms with Gasteiger partial charge in [0.05, 0.1) is 0 Å². The second-order valence-electron chi connectivity index (χ2n) is 6.05. The molecular formula is C12H19F5N2O3SSi. The van der Waals surface area contributed by atoms with Gasteiger partial charge >= 0.3 is 11.2 Å². The molecule has 0 fully saturated rings. The Morgan fingerprint density at radius 1 is 1.04 bits per heavy atom. The zero-order valence-electron chi connectivity index (χ0n) is 13.7. The van der Waals surface area contributed by atoms with Crippen molar-refractivity contribution in [3.63, 3.8) is 0 Å². The van der Waals surface area contributed by atoms with Gasteiger partial charge < -0.3 is 9.45 Å². The number of hydrogen-bond donors (Lipinski definition) is 0. The minimum absolute atomic E-state index is 0.919. The molecule has 0 aromatic carbocycles. The molecule has 12 heteroatoms. The summed E-state index contributed by atoms with van der Waals surface area (Å²) in [6, 6.07) is 3.40. The van der Waals surface area contributed by atoms with E-state index in [1.54, 1.807) is 31.8 Å². The topological polar surface area (TPSA) is 64.3 Å². The van der Waals surface area contributed by atoms with Crippen molar-refractivity contribution in [3.05, 3.63) is 24.5 Å². The third-order valence-electron chi connectivity index (χ3n) is 2.84. The number of nitrogens with zero attached hydrogens (tertiary/aromatic N) is 2. The summed E-state index contributed by atoms with van der Waals surface area (Å²) in [6.07, 6.45) is 2.90. The third kappa shape index (κ3) is 5.98. The van der Waals surface area contributed by atoms with Crippen LogP contribution in [0.4, 0.5) is 27.6 Å². The fraction of sp³-hybridized carbons (Fsp3) is 0.583. The monoisotopic (exact) mass is 394 g/mol. The molecule has 140 valence electrons. The van der Waals surface area contributed by atoms with Crippen LogP contribution in [0.1, 0.15) is 0 Å². The molecule has 1 heterocycles. The van der Waals surface area contributed by atoms with E-state index in [0.29, 0.717) is 0 Å². The Hall–Kier alpha value is -1.27. The first-order chi connectivity index (χ1) is 10.4. The van der Waals surface area contributed by atoms with Gasteiger partial charge in [0.2, 0.25) is 8.07 Å². The highest BCUT2D eigenvalue weighted by Gasteiger charge is 2.54. The molecule has 0 aliphatic carbocycles. The first kappa shape index (κ1) is 22.7. The lowest BCUT2D eigenvalue weighted by Crippen LogP contribution is -2.62. The maximum absolute atomic E-state index is 14.0. The summed E-state index contributed by atoms with van der Waals surface area (Å²) in [7, 11) is -4.87. The highest BCUT2D eigenvalue weighted by Crippen LogP contribution is 2.26. The molecule has 0 saturated heterocycles. The van der Waals surface area contributed by atoms with Gasteiger partial charge in [0.15, 0.2) is 22.5 Å². The Labute approximate surface area is 138 Å². The summed E-state index contributed by atoms with van der Waals surface area (Å²) in [4.78, 5) is 1.89. The molecule has 0 radical (unpaired) electrons. The molecule has 1 rings (SSSR count). The number of halogens is 5. The summed E-state index contributed by atoms with van der Waals surface area (Å²) in [6.45, 7) is 5.00. The van der Waals surface area contributed by atoms with Crippen LogP contribution in [0.5, 0.6) is 0 Å². The van der Waals surface area contributed by atoms with Crippen molar-refractivity contribution in [2.45, 2.75) is 30.8 Å². The number of alkyl halides is 5. The maximum Gasteiger partial charge on any atom is 0.485 e. The molecule has 0 atom stereocenters. The van der Waals surface area contributed by atoms with Gasteiger partial charge in [0.1, 0.15) is 0 Å². The second-order valence-corrected chi connectivity index (χ2v) is 12.5. The molecular weight excluding hydrogens is 375 g/mol. The van der Waals surface area contributed by atoms with Crippen molar-refractivity contribution >= 4 is 23.9 Å². The van der Waals surface area contributed by atoms with Crippen LogP contribution in [0.25, 0.3) is 0 Å². The van der Waals surface area contributed by atoms with E-state index < -0.39 is 29.4 Å². The summed E-state index contributed by atoms with van der Waals surface area (Å²) in [5, 5.41) is 0. The number of pyridine rings is 1. The lowest BCUT2D eigenvalue weighted by Gasteiger charge is -2.22. The standard InChI is InChI=1S/C11H19F2N2Si.CHF3O3S/c1-14(2)10-6-8-15(9-7-10)11(12,13)16(3,4)5;2-1(3,4)8(5,6)7/h6-9H,1-5H3;(H,5,6,7)/q+1;/p-1. The van der Waals surface area contributed by atoms with Crippen LogP contribution in [0.3, 0.4) is 0 Å². The molecule has 0 aliphatic rings. The number of anilines is 1. The van der Waals surface area contributed by atoms with Gasteiger partial charge in [-0.2, -0.15) is 13.2 Å². The van der Waals surface area contributed by atoms with E-state index in [2.05, 4.69) is 0 Å². The van der Waals surface area contributed by atoms with Gasteiger partial charge in [0.25, 0.3) is 0 Å². The highest BCUT2D eigenvalue weighted by atomic mass is 32.2. The van der Waals surface area contributed by atoms with E-state index in [-0.39, 0.29) is 0 Å². The van der Waals surface area contributed by atoms with Gasteiger partial charge in [-0.1, -0.05) is 19.6 Å². The Bertz CT molecular complexity index is 640. The molecule has 0 spiro atoms. The molecule has 1 aromatic heterocycles. The summed E-state index contributed by atoms with van der Waals surface area (Å²) >= 11 is 0. The minimum Gasteiger partial charge on any atom is -0.741 e. The van der Waals surface area contributed by atoms with E-state index in [4.69, 9.17) is 13.0 Å². The van der Waals surface area contributed by atoms with E-state index in [1.807, 2.05) is 19.0 Å². The van der Waals surface area contributed by atoms with E-state index in [1.165, 1.54) is 12.4 Å². The first-order valence-electron chi connectivity index (χ1n) is 6.50. The zero-order chi connectivity index (χ0) is 19.6. The van der Waals surface area contributed by atoms with Crippen LogP contribution in [-0.4, -0.2) is 40.6 Å². The summed E-state index contributed by atoms with van der Waals surface area (Å²) in [5.74, 6) is 0. The van der Waals surface area contributed by atoms with Gasteiger partial charge in [-0.15, -0.1) is 13.3 Å². The van der Waals surface area contributed by atoms with Crippen molar-refractivity contribution in [1.29, 1.82) is 0 Å². The van der Waals surface area contributed by atoms with Crippen molar-refractivity contribution in [3.8, 4) is 0 Å². The van der Waals surface area contributed by atoms with Crippen LogP contribution in [0.15, 0.2) is 24.5 Å². The van der Waals surface area contributed by atoms with Gasteiger partial charge in [-0.3, -0.25) is 0 Å². The number of hydrogen-bond acceptors (Lipinski definition) is 4. The lowest BCUT2D eigenvalue weighted by molar-refractivity contribution is -0.799. The van der Waals surface area contributed by atoms with Crippen LogP contribution in [0.2, 0.25) is 19.6 Å². The average Bonchev–Trinajstić information content (AvgIpc) is 2.35. The molecule has 0 amide bonds. The Morgan fingerprint density at radius 3 is 1.58 bits per heavy atom. The SMILES string of the molecule is CN(C)c1cc[n+](C(F)(F)[Si](C)(C)C)cc1.O=S(=O)([O-])C(F)(F)F. The van der Waals surface area contributed by atoms with Gasteiger partial charge in [-0.25, -0.2) is 8.42 Å². The van der Waals surface area contributed by atoms with Crippen LogP contribution in [-0.2, 0) is 15.8 Å². The van der Waals surface area contributed by atoms with Crippen molar-refractivity contribution < 1.29 is 39.5 Å². The molecule has 5 nitrogen and oxygen atoms in total. The molecule has 24 heavy (non-hydrogen) atoms. The third-order valence-corrected chi connectivity index (χ3v) is 5.47. The van der Waals surface area contributed by atoms with Crippen LogP contribution < -0.4 is 9.47 Å². The van der Waals surface area contributed by atoms with E-state index in [0.717, 1.165) is 10.3 Å². The lowest BCUT2D eigenvalue weighted by atomic mass is 10.4. The minimum atomic E-state index is -6.09. The number of rotatable bonds is 3. The predicted molar refractivity (Wildman–Crippen MR) is 80.3 cm³/mol. The zero-order valence-corrected chi connectivity index (χ0v) is 15.5. The molecule has 1 aromatic rings. The highest BCUT2D eigenvalue weighted by molar-refractivity contribution is 7.86. The summed E-state index contributed by atoms with van der Waals surface area (Å²) in [5.41, 5.74) is -7.48. The second kappa shape index (κ2) is 7.31. The van der Waals surface area contributed by atoms with Crippen LogP contribution >= 0.6 is 0 Å². The van der Waals surface area contributed by atoms with E-state index >= 15 is 0 Å². The Morgan fingerprint density at radius 2 is 1.38 bits per heavy atom. The summed E-state index contributed by atoms with van der Waals surface area (Å²) < 4.78 is 87.9. The normalized spacial score (nSPS) is 13.1. The molecule has 0 saturated carbocycles. The quantitative estimate of drug-likeness (QED) is 0.260. The molecule has 0 aliphatic heterocycles. The smallest absolute Gasteiger partial charge is 0.485 e. The fourth-order valence-corrected chi connectivity index (χ4v) is 2.21. The van der Waals surface area contributed by atoms with Crippen LogP contribution in [0, 0.1) is 0 Å². The molecule has 0 bridgehead atoms. The maximum atomic E-state index is 14.0. The largest absolute Gasteiger partial charge is 0.741 e. The van der Waals surface area contributed by atoms with Crippen molar-refractivity contribution in [1.82, 2.24) is 0 Å². The Balaban J connectivity index is 0.000000561. The Kier molecular flexibility index (Phi) is 6.92. The predicted octanol–water partition coefficient (Wildman–Crippen LogP) is 2.52. The molecule has 0 unspecified atom stereocenters. The first-order valence-corrected chi connectivity index (χ1v) is 11.4. The van der Waals surface area contributed by atoms with E-state index in [9.17, 15) is 22.0 Å². The average molecular weight is 394 g/mol. The number of aromatic nitrogens is 1. The fourth-order valence-electron chi connectivity index (χ4n) is 1.29.